The first kappa shape index (κ1) is 19.1. The first-order chi connectivity index (χ1) is 12.8. The van der Waals surface area contributed by atoms with E-state index >= 15 is 0 Å². The first-order valence-corrected chi connectivity index (χ1v) is 9.15. The smallest absolute Gasteiger partial charge is 0.262 e. The highest BCUT2D eigenvalue weighted by Gasteiger charge is 2.16. The van der Waals surface area contributed by atoms with Crippen LogP contribution in [0.3, 0.4) is 0 Å². The molecule has 0 aliphatic heterocycles. The van der Waals surface area contributed by atoms with Crippen LogP contribution in [0.25, 0.3) is 5.69 Å². The van der Waals surface area contributed by atoms with Gasteiger partial charge in [0.25, 0.3) is 5.91 Å². The van der Waals surface area contributed by atoms with Crippen LogP contribution in [0.15, 0.2) is 46.9 Å². The summed E-state index contributed by atoms with van der Waals surface area (Å²) in [4.78, 5) is 12.3. The zero-order valence-corrected chi connectivity index (χ0v) is 16.8. The van der Waals surface area contributed by atoms with E-state index in [4.69, 9.17) is 4.74 Å². The molecule has 0 saturated heterocycles. The molecule has 7 heteroatoms. The summed E-state index contributed by atoms with van der Waals surface area (Å²) in [5.41, 5.74) is 4.19. The molecule has 27 heavy (non-hydrogen) atoms. The Bertz CT molecular complexity index is 984. The Morgan fingerprint density at radius 2 is 1.89 bits per heavy atom. The molecule has 3 aromatic rings. The topological polar surface area (TPSA) is 56.2 Å². The Morgan fingerprint density at radius 1 is 1.19 bits per heavy atom. The number of ether oxygens (including phenoxy) is 1. The van der Waals surface area contributed by atoms with Crippen LogP contribution in [0.5, 0.6) is 5.75 Å². The van der Waals surface area contributed by atoms with Crippen LogP contribution in [0.1, 0.15) is 17.0 Å². The Hall–Kier alpha value is -2.67. The van der Waals surface area contributed by atoms with E-state index in [1.807, 2.05) is 45.0 Å². The van der Waals surface area contributed by atoms with E-state index in [0.29, 0.717) is 15.9 Å². The van der Waals surface area contributed by atoms with E-state index in [1.54, 1.807) is 10.7 Å². The van der Waals surface area contributed by atoms with Gasteiger partial charge in [-0.1, -0.05) is 33.6 Å². The summed E-state index contributed by atoms with van der Waals surface area (Å²) >= 11 is 3.18. The molecule has 0 radical (unpaired) electrons. The van der Waals surface area contributed by atoms with Crippen LogP contribution in [-0.2, 0) is 4.79 Å². The molecule has 0 fully saturated rings. The normalized spacial score (nSPS) is 10.7. The molecule has 5 nitrogen and oxygen atoms in total. The second-order valence-corrected chi connectivity index (χ2v) is 7.12. The molecule has 1 N–H and O–H groups in total. The van der Waals surface area contributed by atoms with Crippen molar-refractivity contribution in [2.45, 2.75) is 20.8 Å². The molecule has 1 amide bonds. The molecule has 0 aliphatic carbocycles. The van der Waals surface area contributed by atoms with Crippen LogP contribution in [0.2, 0.25) is 0 Å². The van der Waals surface area contributed by atoms with E-state index < -0.39 is 5.82 Å². The molecule has 0 unspecified atom stereocenters. The summed E-state index contributed by atoms with van der Waals surface area (Å²) in [6.45, 7) is 5.42. The summed E-state index contributed by atoms with van der Waals surface area (Å²) in [6, 6.07) is 12.4. The number of carbonyl (C=O) groups is 1. The van der Waals surface area contributed by atoms with E-state index in [1.165, 1.54) is 12.1 Å². The summed E-state index contributed by atoms with van der Waals surface area (Å²) in [5.74, 6) is -0.888. The van der Waals surface area contributed by atoms with E-state index in [9.17, 15) is 9.18 Å². The Kier molecular flexibility index (Phi) is 5.60. The maximum absolute atomic E-state index is 13.8. The fourth-order valence-electron chi connectivity index (χ4n) is 2.67. The third kappa shape index (κ3) is 4.36. The largest absolute Gasteiger partial charge is 0.481 e. The average molecular weight is 432 g/mol. The van der Waals surface area contributed by atoms with Crippen molar-refractivity contribution in [1.82, 2.24) is 9.78 Å². The Morgan fingerprint density at radius 3 is 2.56 bits per heavy atom. The lowest BCUT2D eigenvalue weighted by Crippen LogP contribution is -2.21. The van der Waals surface area contributed by atoms with Crippen molar-refractivity contribution in [2.75, 3.05) is 11.9 Å². The van der Waals surface area contributed by atoms with Crippen molar-refractivity contribution in [3.8, 4) is 11.4 Å². The van der Waals surface area contributed by atoms with Crippen molar-refractivity contribution in [2.24, 2.45) is 0 Å². The van der Waals surface area contributed by atoms with Gasteiger partial charge in [0.2, 0.25) is 0 Å². The minimum atomic E-state index is -0.531. The predicted octanol–water partition coefficient (Wildman–Crippen LogP) is 4.72. The number of benzene rings is 2. The molecule has 0 aliphatic rings. The number of nitrogens with one attached hydrogen (secondary N) is 1. The van der Waals surface area contributed by atoms with Crippen molar-refractivity contribution < 1.29 is 13.9 Å². The molecule has 140 valence electrons. The van der Waals surface area contributed by atoms with Crippen molar-refractivity contribution in [3.05, 3.63) is 69.7 Å². The van der Waals surface area contributed by atoms with Gasteiger partial charge in [-0.15, -0.1) is 0 Å². The SMILES string of the molecule is Cc1ccc(-n2nc(C)c(NC(=O)COc3ccc(Br)cc3F)c2C)cc1. The number of hydrogen-bond donors (Lipinski definition) is 1. The molecule has 2 aromatic carbocycles. The third-order valence-electron chi connectivity index (χ3n) is 4.09. The number of anilines is 1. The highest BCUT2D eigenvalue weighted by atomic mass is 79.9. The quantitative estimate of drug-likeness (QED) is 0.635. The van der Waals surface area contributed by atoms with Crippen LogP contribution in [0.4, 0.5) is 10.1 Å². The molecule has 1 heterocycles. The maximum Gasteiger partial charge on any atom is 0.262 e. The van der Waals surface area contributed by atoms with E-state index in [2.05, 4.69) is 26.3 Å². The Balaban J connectivity index is 1.71. The fourth-order valence-corrected chi connectivity index (χ4v) is 3.01. The minimum absolute atomic E-state index is 0.0251. The van der Waals surface area contributed by atoms with Gasteiger partial charge in [-0.3, -0.25) is 4.79 Å². The van der Waals surface area contributed by atoms with Crippen LogP contribution < -0.4 is 10.1 Å². The van der Waals surface area contributed by atoms with Crippen LogP contribution in [-0.4, -0.2) is 22.3 Å². The monoisotopic (exact) mass is 431 g/mol. The van der Waals surface area contributed by atoms with Gasteiger partial charge in [0.05, 0.1) is 22.8 Å². The number of nitrogens with zero attached hydrogens (tertiary/aromatic N) is 2. The average Bonchev–Trinajstić information content (AvgIpc) is 2.90. The van der Waals surface area contributed by atoms with Crippen LogP contribution >= 0.6 is 15.9 Å². The molecule has 0 bridgehead atoms. The summed E-state index contributed by atoms with van der Waals surface area (Å²) in [7, 11) is 0. The number of rotatable bonds is 5. The lowest BCUT2D eigenvalue weighted by atomic mass is 10.2. The van der Waals surface area contributed by atoms with Crippen LogP contribution in [0, 0.1) is 26.6 Å². The lowest BCUT2D eigenvalue weighted by Gasteiger charge is -2.09. The van der Waals surface area contributed by atoms with E-state index in [0.717, 1.165) is 16.9 Å². The molecule has 0 atom stereocenters. The lowest BCUT2D eigenvalue weighted by molar-refractivity contribution is -0.118. The van der Waals surface area contributed by atoms with Gasteiger partial charge in [-0.25, -0.2) is 9.07 Å². The second-order valence-electron chi connectivity index (χ2n) is 6.20. The number of hydrogen-bond acceptors (Lipinski definition) is 3. The molecular weight excluding hydrogens is 413 g/mol. The van der Waals surface area contributed by atoms with Gasteiger partial charge < -0.3 is 10.1 Å². The first-order valence-electron chi connectivity index (χ1n) is 8.36. The summed E-state index contributed by atoms with van der Waals surface area (Å²) in [6.07, 6.45) is 0. The fraction of sp³-hybridized carbons (Fsp3) is 0.200. The van der Waals surface area contributed by atoms with Gasteiger partial charge in [-0.05, 0) is 51.1 Å². The number of aryl methyl sites for hydroxylation is 2. The highest BCUT2D eigenvalue weighted by Crippen LogP contribution is 2.24. The standard InChI is InChI=1S/C20H19BrFN3O2/c1-12-4-7-16(8-5-12)25-14(3)20(13(2)24-25)23-19(26)11-27-18-9-6-15(21)10-17(18)22/h4-10H,11H2,1-3H3,(H,23,26). The zero-order chi connectivity index (χ0) is 19.6. The molecule has 0 spiro atoms. The predicted molar refractivity (Wildman–Crippen MR) is 106 cm³/mol. The van der Waals surface area contributed by atoms with E-state index in [-0.39, 0.29) is 18.3 Å². The number of aromatic nitrogens is 2. The van der Waals surface area contributed by atoms with Gasteiger partial charge in [0, 0.05) is 4.47 Å². The highest BCUT2D eigenvalue weighted by molar-refractivity contribution is 9.10. The molecule has 0 saturated carbocycles. The van der Waals surface area contributed by atoms with Gasteiger partial charge in [0.15, 0.2) is 18.2 Å². The van der Waals surface area contributed by atoms with Gasteiger partial charge in [-0.2, -0.15) is 5.10 Å². The van der Waals surface area contributed by atoms with Gasteiger partial charge in [0.1, 0.15) is 0 Å². The second kappa shape index (κ2) is 7.92. The number of carbonyl (C=O) groups excluding carboxylic acids is 1. The minimum Gasteiger partial charge on any atom is -0.481 e. The third-order valence-corrected chi connectivity index (χ3v) is 4.58. The maximum atomic E-state index is 13.8. The summed E-state index contributed by atoms with van der Waals surface area (Å²) in [5, 5.41) is 7.30. The molecule has 1 aromatic heterocycles. The van der Waals surface area contributed by atoms with Crippen molar-refractivity contribution in [1.29, 1.82) is 0 Å². The molecular formula is C20H19BrFN3O2. The van der Waals surface area contributed by atoms with Crippen molar-refractivity contribution in [3.63, 3.8) is 0 Å². The van der Waals surface area contributed by atoms with Gasteiger partial charge >= 0.3 is 0 Å². The Labute approximate surface area is 165 Å². The van der Waals surface area contributed by atoms with Crippen molar-refractivity contribution >= 4 is 27.5 Å². The molecule has 3 rings (SSSR count). The number of halogens is 2. The number of amides is 1. The summed E-state index contributed by atoms with van der Waals surface area (Å²) < 4.78 is 21.4. The zero-order valence-electron chi connectivity index (χ0n) is 15.2.